The van der Waals surface area contributed by atoms with Gasteiger partial charge in [0.25, 0.3) is 0 Å². The number of ether oxygens (including phenoxy) is 2. The van der Waals surface area contributed by atoms with Gasteiger partial charge in [-0.2, -0.15) is 15.2 Å². The summed E-state index contributed by atoms with van der Waals surface area (Å²) in [6.07, 6.45) is 0.287. The number of benzene rings is 2. The fourth-order valence-corrected chi connectivity index (χ4v) is 8.99. The molecule has 5 heterocycles. The molecule has 4 atom stereocenters. The lowest BCUT2D eigenvalue weighted by atomic mass is 9.95. The second-order valence-corrected chi connectivity index (χ2v) is 16.2. The molecule has 0 bridgehead atoms. The van der Waals surface area contributed by atoms with Crippen molar-refractivity contribution in [2.45, 2.75) is 83.3 Å². The number of nitriles is 1. The van der Waals surface area contributed by atoms with Gasteiger partial charge in [0.15, 0.2) is 5.82 Å². The van der Waals surface area contributed by atoms with E-state index in [1.807, 2.05) is 13.8 Å². The van der Waals surface area contributed by atoms with Crippen LogP contribution >= 0.6 is 22.9 Å². The van der Waals surface area contributed by atoms with Crippen LogP contribution in [0.1, 0.15) is 59.4 Å². The monoisotopic (exact) mass is 741 g/mol. The number of carbonyl (C=O) groups excluding carboxylic acids is 1. The lowest BCUT2D eigenvalue weighted by Crippen LogP contribution is -2.54. The molecule has 51 heavy (non-hydrogen) atoms. The summed E-state index contributed by atoms with van der Waals surface area (Å²) in [5.41, 5.74) is -1.38. The molecule has 10 nitrogen and oxygen atoms in total. The van der Waals surface area contributed by atoms with Gasteiger partial charge in [0, 0.05) is 54.5 Å². The highest BCUT2D eigenvalue weighted by atomic mass is 35.5. The minimum Gasteiger partial charge on any atom is -0.461 e. The molecule has 0 saturated carbocycles. The molecule has 3 saturated heterocycles. The molecule has 2 aromatic heterocycles. The number of piperazine rings is 1. The Bertz CT molecular complexity index is 2090. The maximum absolute atomic E-state index is 17.2. The second-order valence-electron chi connectivity index (χ2n) is 14.8. The smallest absolute Gasteiger partial charge is 0.412 e. The summed E-state index contributed by atoms with van der Waals surface area (Å²) >= 11 is 7.76. The Balaban J connectivity index is 1.38. The summed E-state index contributed by atoms with van der Waals surface area (Å²) in [4.78, 5) is 26.2. The normalized spacial score (nSPS) is 23.8. The molecule has 3 fully saturated rings. The van der Waals surface area contributed by atoms with E-state index in [9.17, 15) is 14.4 Å². The minimum atomic E-state index is -0.949. The molecular formula is C36H39ClF3N7O3S. The molecule has 7 rings (SSSR count). The van der Waals surface area contributed by atoms with Crippen LogP contribution in [0.2, 0.25) is 5.02 Å². The highest BCUT2D eigenvalue weighted by Crippen LogP contribution is 2.47. The van der Waals surface area contributed by atoms with Crippen molar-refractivity contribution < 1.29 is 27.4 Å². The van der Waals surface area contributed by atoms with Crippen LogP contribution < -0.4 is 20.3 Å². The highest BCUT2D eigenvalue weighted by molar-refractivity contribution is 7.23. The Morgan fingerprint density at radius 1 is 1.25 bits per heavy atom. The highest BCUT2D eigenvalue weighted by Gasteiger charge is 2.49. The molecule has 0 spiro atoms. The van der Waals surface area contributed by atoms with Gasteiger partial charge >= 0.3 is 12.1 Å². The number of hydrogen-bond acceptors (Lipinski definition) is 10. The number of hydrogen-bond donors (Lipinski definition) is 2. The minimum absolute atomic E-state index is 0.000525. The SMILES string of the molecule is C[C@@H]1CN(c2nc(OC[C@@]34CCCN3C[C@H](F)C4)nc3c(F)c(-c4ccc(F)c5sc(NC(=O)OC(C)(C)C)c(C#N)c45)c(Cl)cc23)[C@@H](C)CN1. The summed E-state index contributed by atoms with van der Waals surface area (Å²) < 4.78 is 58.7. The number of halogens is 4. The molecule has 3 aliphatic heterocycles. The molecule has 15 heteroatoms. The topological polar surface area (TPSA) is 116 Å². The van der Waals surface area contributed by atoms with Crippen molar-refractivity contribution in [3.05, 3.63) is 40.4 Å². The number of nitrogens with zero attached hydrogens (tertiary/aromatic N) is 5. The molecule has 4 aromatic rings. The number of carbonyl (C=O) groups is 1. The Kier molecular flexibility index (Phi) is 9.23. The predicted octanol–water partition coefficient (Wildman–Crippen LogP) is 7.80. The zero-order valence-corrected chi connectivity index (χ0v) is 30.6. The van der Waals surface area contributed by atoms with Crippen LogP contribution in [-0.4, -0.2) is 83.1 Å². The fraction of sp³-hybridized carbons (Fsp3) is 0.500. The van der Waals surface area contributed by atoms with E-state index in [1.54, 1.807) is 26.8 Å². The molecule has 270 valence electrons. The van der Waals surface area contributed by atoms with E-state index >= 15 is 8.78 Å². The first-order chi connectivity index (χ1) is 24.2. The average Bonchev–Trinajstić information content (AvgIpc) is 3.71. The number of thiophene rings is 1. The van der Waals surface area contributed by atoms with Crippen molar-refractivity contribution in [1.29, 1.82) is 5.26 Å². The molecule has 0 unspecified atom stereocenters. The quantitative estimate of drug-likeness (QED) is 0.204. The Labute approximate surface area is 302 Å². The van der Waals surface area contributed by atoms with Crippen LogP contribution in [0, 0.1) is 23.0 Å². The second kappa shape index (κ2) is 13.3. The largest absolute Gasteiger partial charge is 0.461 e. The maximum Gasteiger partial charge on any atom is 0.412 e. The van der Waals surface area contributed by atoms with Crippen LogP contribution in [-0.2, 0) is 4.74 Å². The summed E-state index contributed by atoms with van der Waals surface area (Å²) in [7, 11) is 0. The lowest BCUT2D eigenvalue weighted by Gasteiger charge is -2.39. The molecule has 0 radical (unpaired) electrons. The van der Waals surface area contributed by atoms with Crippen LogP contribution in [0.15, 0.2) is 18.2 Å². The predicted molar refractivity (Wildman–Crippen MR) is 193 cm³/mol. The van der Waals surface area contributed by atoms with Gasteiger partial charge in [0.05, 0.1) is 20.8 Å². The third-order valence-electron chi connectivity index (χ3n) is 9.90. The molecule has 2 aromatic carbocycles. The fourth-order valence-electron chi connectivity index (χ4n) is 7.63. The molecule has 0 aliphatic carbocycles. The van der Waals surface area contributed by atoms with Crippen molar-refractivity contribution in [3.63, 3.8) is 0 Å². The van der Waals surface area contributed by atoms with E-state index in [2.05, 4.69) is 31.5 Å². The van der Waals surface area contributed by atoms with E-state index < -0.39 is 35.0 Å². The number of fused-ring (bicyclic) bond motifs is 3. The zero-order valence-electron chi connectivity index (χ0n) is 29.0. The van der Waals surface area contributed by atoms with Crippen LogP contribution in [0.3, 0.4) is 0 Å². The molecular weight excluding hydrogens is 703 g/mol. The van der Waals surface area contributed by atoms with Crippen molar-refractivity contribution in [3.8, 4) is 23.2 Å². The summed E-state index contributed by atoms with van der Waals surface area (Å²) in [5, 5.41) is 16.8. The first kappa shape index (κ1) is 35.5. The van der Waals surface area contributed by atoms with Crippen LogP contribution in [0.4, 0.5) is 28.8 Å². The van der Waals surface area contributed by atoms with E-state index in [0.717, 1.165) is 30.7 Å². The van der Waals surface area contributed by atoms with Crippen molar-refractivity contribution in [1.82, 2.24) is 20.2 Å². The Morgan fingerprint density at radius 3 is 2.78 bits per heavy atom. The van der Waals surface area contributed by atoms with Gasteiger partial charge in [-0.15, -0.1) is 11.3 Å². The number of alkyl halides is 1. The van der Waals surface area contributed by atoms with E-state index in [0.29, 0.717) is 37.3 Å². The third-order valence-corrected chi connectivity index (χ3v) is 11.3. The summed E-state index contributed by atoms with van der Waals surface area (Å²) in [5.74, 6) is -1.02. The van der Waals surface area contributed by atoms with Gasteiger partial charge in [0.2, 0.25) is 0 Å². The van der Waals surface area contributed by atoms with Gasteiger partial charge in [-0.25, -0.2) is 18.0 Å². The molecule has 2 N–H and O–H groups in total. The van der Waals surface area contributed by atoms with Crippen molar-refractivity contribution >= 4 is 60.8 Å². The Hall–Kier alpha value is -3.90. The zero-order chi connectivity index (χ0) is 36.4. The average molecular weight is 742 g/mol. The standard InChI is InChI=1S/C36H39ClF3N7O3S/c1-18-15-47(19(2)14-42-18)31-22-11-24(37)27(28(40)29(22)43-33(44-31)49-17-36-9-6-10-46(36)16-20(38)12-36)21-7-8-25(39)30-26(21)23(13-41)32(51-30)45-34(48)50-35(3,4)5/h7-8,11,18-20,42H,6,9-10,12,14-17H2,1-5H3,(H,45,48)/t18-,19+,20-,36+/m1/s1. The Morgan fingerprint density at radius 2 is 2.04 bits per heavy atom. The van der Waals surface area contributed by atoms with Crippen LogP contribution in [0.5, 0.6) is 6.01 Å². The van der Waals surface area contributed by atoms with Gasteiger partial charge < -0.3 is 19.7 Å². The van der Waals surface area contributed by atoms with E-state index in [-0.39, 0.29) is 67.0 Å². The van der Waals surface area contributed by atoms with E-state index in [4.69, 9.17) is 26.1 Å². The summed E-state index contributed by atoms with van der Waals surface area (Å²) in [6, 6.07) is 6.22. The van der Waals surface area contributed by atoms with Crippen LogP contribution in [0.25, 0.3) is 32.1 Å². The molecule has 1 amide bonds. The maximum atomic E-state index is 17.2. The third kappa shape index (κ3) is 6.54. The lowest BCUT2D eigenvalue weighted by molar-refractivity contribution is 0.0636. The number of nitrogens with one attached hydrogen (secondary N) is 2. The first-order valence-corrected chi connectivity index (χ1v) is 18.2. The van der Waals surface area contributed by atoms with Gasteiger partial charge in [-0.3, -0.25) is 10.2 Å². The molecule has 3 aliphatic rings. The van der Waals surface area contributed by atoms with Crippen molar-refractivity contribution in [2.24, 2.45) is 0 Å². The van der Waals surface area contributed by atoms with Gasteiger partial charge in [-0.1, -0.05) is 17.7 Å². The number of anilines is 2. The van der Waals surface area contributed by atoms with Gasteiger partial charge in [-0.05, 0) is 71.7 Å². The number of rotatable bonds is 6. The summed E-state index contributed by atoms with van der Waals surface area (Å²) in [6.45, 7) is 11.7. The van der Waals surface area contributed by atoms with E-state index in [1.165, 1.54) is 12.1 Å². The number of aromatic nitrogens is 2. The first-order valence-electron chi connectivity index (χ1n) is 17.0. The number of amides is 1. The van der Waals surface area contributed by atoms with Gasteiger partial charge in [0.1, 0.15) is 46.6 Å². The van der Waals surface area contributed by atoms with Crippen molar-refractivity contribution in [2.75, 3.05) is 43.0 Å².